The van der Waals surface area contributed by atoms with Gasteiger partial charge in [-0.3, -0.25) is 0 Å². The Hall–Kier alpha value is -1.89. The number of esters is 1. The molecule has 0 saturated carbocycles. The van der Waals surface area contributed by atoms with E-state index in [-0.39, 0.29) is 5.75 Å². The number of ether oxygens (including phenoxy) is 1. The van der Waals surface area contributed by atoms with E-state index < -0.39 is 16.0 Å². The van der Waals surface area contributed by atoms with E-state index in [9.17, 15) is 13.2 Å². The van der Waals surface area contributed by atoms with Crippen LogP contribution in [0.2, 0.25) is 5.02 Å². The third-order valence-corrected chi connectivity index (χ3v) is 5.36. The number of hydrogen-bond donors (Lipinski definition) is 1. The van der Waals surface area contributed by atoms with Gasteiger partial charge in [0.05, 0.1) is 18.4 Å². The summed E-state index contributed by atoms with van der Waals surface area (Å²) in [6.45, 7) is 0.341. The van der Waals surface area contributed by atoms with Crippen molar-refractivity contribution in [1.29, 1.82) is 0 Å². The van der Waals surface area contributed by atoms with Crippen molar-refractivity contribution in [3.05, 3.63) is 70.2 Å². The number of hydrogen-bond acceptors (Lipinski definition) is 4. The third kappa shape index (κ3) is 6.16. The van der Waals surface area contributed by atoms with Crippen LogP contribution >= 0.6 is 11.6 Å². The first-order valence-electron chi connectivity index (χ1n) is 7.79. The van der Waals surface area contributed by atoms with Crippen LogP contribution in [0, 0.1) is 0 Å². The highest BCUT2D eigenvalue weighted by Crippen LogP contribution is 2.16. The molecule has 5 nitrogen and oxygen atoms in total. The molecule has 0 bridgehead atoms. The minimum atomic E-state index is -3.44. The van der Waals surface area contributed by atoms with Crippen molar-refractivity contribution in [2.24, 2.45) is 0 Å². The highest BCUT2D eigenvalue weighted by molar-refractivity contribution is 7.88. The van der Waals surface area contributed by atoms with Crippen LogP contribution in [-0.4, -0.2) is 28.0 Å². The zero-order valence-electron chi connectivity index (χ0n) is 13.9. The van der Waals surface area contributed by atoms with Crippen LogP contribution in [0.1, 0.15) is 27.9 Å². The molecule has 0 saturated heterocycles. The zero-order valence-corrected chi connectivity index (χ0v) is 15.4. The minimum absolute atomic E-state index is 0.138. The molecule has 0 fully saturated rings. The number of sulfonamides is 1. The lowest BCUT2D eigenvalue weighted by molar-refractivity contribution is 0.0600. The molecule has 0 aliphatic heterocycles. The van der Waals surface area contributed by atoms with Gasteiger partial charge in [0.2, 0.25) is 10.0 Å². The minimum Gasteiger partial charge on any atom is -0.465 e. The topological polar surface area (TPSA) is 72.5 Å². The molecule has 2 aromatic carbocycles. The molecule has 0 aromatic heterocycles. The first-order chi connectivity index (χ1) is 11.9. The van der Waals surface area contributed by atoms with Crippen LogP contribution in [0.25, 0.3) is 0 Å². The Labute approximate surface area is 153 Å². The fourth-order valence-electron chi connectivity index (χ4n) is 2.33. The van der Waals surface area contributed by atoms with Crippen LogP contribution in [0.4, 0.5) is 0 Å². The van der Waals surface area contributed by atoms with Crippen LogP contribution in [-0.2, 0) is 26.9 Å². The van der Waals surface area contributed by atoms with Gasteiger partial charge in [0.25, 0.3) is 0 Å². The average molecular weight is 382 g/mol. The van der Waals surface area contributed by atoms with E-state index in [0.29, 0.717) is 35.5 Å². The summed E-state index contributed by atoms with van der Waals surface area (Å²) >= 11 is 6.07. The predicted molar refractivity (Wildman–Crippen MR) is 98.2 cm³/mol. The van der Waals surface area contributed by atoms with Gasteiger partial charge in [-0.1, -0.05) is 41.9 Å². The summed E-state index contributed by atoms with van der Waals surface area (Å²) in [7, 11) is -2.14. The summed E-state index contributed by atoms with van der Waals surface area (Å²) in [5.41, 5.74) is 1.99. The standard InChI is InChI=1S/C18H20ClNO4S/c1-24-18(21)16-10-8-14(9-11-16)13-25(22,23)20-12-4-6-15-5-2-3-7-17(15)19/h2-3,5,7-11,20H,4,6,12-13H2,1H3. The predicted octanol–water partition coefficient (Wildman–Crippen LogP) is 3.18. The molecular formula is C18H20ClNO4S. The Bertz CT molecular complexity index is 819. The molecule has 0 atom stereocenters. The van der Waals surface area contributed by atoms with Crippen molar-refractivity contribution in [2.75, 3.05) is 13.7 Å². The van der Waals surface area contributed by atoms with Crippen molar-refractivity contribution in [3.63, 3.8) is 0 Å². The van der Waals surface area contributed by atoms with E-state index in [2.05, 4.69) is 9.46 Å². The van der Waals surface area contributed by atoms with Gasteiger partial charge < -0.3 is 4.74 Å². The summed E-state index contributed by atoms with van der Waals surface area (Å²) < 4.78 is 31.4. The molecule has 0 aliphatic carbocycles. The highest BCUT2D eigenvalue weighted by atomic mass is 35.5. The molecule has 0 unspecified atom stereocenters. The van der Waals surface area contributed by atoms with Crippen molar-refractivity contribution in [1.82, 2.24) is 4.72 Å². The first-order valence-corrected chi connectivity index (χ1v) is 9.82. The summed E-state index contributed by atoms with van der Waals surface area (Å²) in [6, 6.07) is 13.8. The SMILES string of the molecule is COC(=O)c1ccc(CS(=O)(=O)NCCCc2ccccc2Cl)cc1. The van der Waals surface area contributed by atoms with Crippen LogP contribution < -0.4 is 4.72 Å². The Morgan fingerprint density at radius 2 is 1.80 bits per heavy atom. The number of methoxy groups -OCH3 is 1. The van der Waals surface area contributed by atoms with Crippen molar-refractivity contribution >= 4 is 27.6 Å². The van der Waals surface area contributed by atoms with Gasteiger partial charge in [0.1, 0.15) is 0 Å². The Kier molecular flexibility index (Phi) is 6.99. The molecule has 0 aliphatic rings. The largest absolute Gasteiger partial charge is 0.465 e. The molecule has 0 spiro atoms. The Morgan fingerprint density at radius 3 is 2.44 bits per heavy atom. The van der Waals surface area contributed by atoms with Gasteiger partial charge in [-0.25, -0.2) is 17.9 Å². The van der Waals surface area contributed by atoms with Crippen molar-refractivity contribution < 1.29 is 17.9 Å². The van der Waals surface area contributed by atoms with Crippen LogP contribution in [0.15, 0.2) is 48.5 Å². The molecule has 0 amide bonds. The maximum Gasteiger partial charge on any atom is 0.337 e. The van der Waals surface area contributed by atoms with Crippen LogP contribution in [0.3, 0.4) is 0 Å². The monoisotopic (exact) mass is 381 g/mol. The van der Waals surface area contributed by atoms with E-state index in [1.165, 1.54) is 7.11 Å². The van der Waals surface area contributed by atoms with Gasteiger partial charge in [-0.2, -0.15) is 0 Å². The van der Waals surface area contributed by atoms with Gasteiger partial charge in [0.15, 0.2) is 0 Å². The third-order valence-electron chi connectivity index (χ3n) is 3.63. The maximum atomic E-state index is 12.1. The van der Waals surface area contributed by atoms with Gasteiger partial charge in [0, 0.05) is 11.6 Å². The second kappa shape index (κ2) is 8.99. The van der Waals surface area contributed by atoms with E-state index in [0.717, 1.165) is 5.56 Å². The lowest BCUT2D eigenvalue weighted by Crippen LogP contribution is -2.26. The molecule has 0 radical (unpaired) electrons. The Balaban J connectivity index is 1.83. The quantitative estimate of drug-likeness (QED) is 0.563. The number of carbonyl (C=O) groups is 1. The summed E-state index contributed by atoms with van der Waals surface area (Å²) in [4.78, 5) is 11.4. The van der Waals surface area contributed by atoms with E-state index >= 15 is 0 Å². The van der Waals surface area contributed by atoms with Crippen LogP contribution in [0.5, 0.6) is 0 Å². The second-order valence-electron chi connectivity index (χ2n) is 5.54. The molecule has 2 rings (SSSR count). The molecule has 2 aromatic rings. The smallest absolute Gasteiger partial charge is 0.337 e. The molecule has 7 heteroatoms. The highest BCUT2D eigenvalue weighted by Gasteiger charge is 2.12. The summed E-state index contributed by atoms with van der Waals surface area (Å²) in [5.74, 6) is -0.590. The summed E-state index contributed by atoms with van der Waals surface area (Å²) in [5, 5.41) is 0.691. The number of aryl methyl sites for hydroxylation is 1. The van der Waals surface area contributed by atoms with Gasteiger partial charge in [-0.05, 0) is 42.2 Å². The van der Waals surface area contributed by atoms with E-state index in [4.69, 9.17) is 11.6 Å². The van der Waals surface area contributed by atoms with Crippen molar-refractivity contribution in [3.8, 4) is 0 Å². The lowest BCUT2D eigenvalue weighted by atomic mass is 10.1. The van der Waals surface area contributed by atoms with Gasteiger partial charge in [-0.15, -0.1) is 0 Å². The number of nitrogens with one attached hydrogen (secondary N) is 1. The number of halogens is 1. The zero-order chi connectivity index (χ0) is 18.3. The first kappa shape index (κ1) is 19.4. The molecule has 1 N–H and O–H groups in total. The van der Waals surface area contributed by atoms with Gasteiger partial charge >= 0.3 is 5.97 Å². The average Bonchev–Trinajstić information content (AvgIpc) is 2.60. The Morgan fingerprint density at radius 1 is 1.12 bits per heavy atom. The maximum absolute atomic E-state index is 12.1. The van der Waals surface area contributed by atoms with E-state index in [1.54, 1.807) is 24.3 Å². The molecule has 134 valence electrons. The normalized spacial score (nSPS) is 11.3. The number of rotatable bonds is 8. The lowest BCUT2D eigenvalue weighted by Gasteiger charge is -2.08. The fraction of sp³-hybridized carbons (Fsp3) is 0.278. The number of benzene rings is 2. The second-order valence-corrected chi connectivity index (χ2v) is 7.75. The molecular weight excluding hydrogens is 362 g/mol. The molecule has 25 heavy (non-hydrogen) atoms. The number of carbonyl (C=O) groups excluding carboxylic acids is 1. The summed E-state index contributed by atoms with van der Waals surface area (Å²) in [6.07, 6.45) is 1.36. The fourth-order valence-corrected chi connectivity index (χ4v) is 3.75. The van der Waals surface area contributed by atoms with E-state index in [1.807, 2.05) is 24.3 Å². The van der Waals surface area contributed by atoms with Crippen molar-refractivity contribution in [2.45, 2.75) is 18.6 Å². The molecule has 0 heterocycles.